The van der Waals surface area contributed by atoms with Gasteiger partial charge in [-0.1, -0.05) is 43.6 Å². The Hall–Kier alpha value is -2.25. The van der Waals surface area contributed by atoms with E-state index in [9.17, 15) is 13.2 Å². The number of sulfonamides is 1. The first-order valence-corrected chi connectivity index (χ1v) is 9.67. The van der Waals surface area contributed by atoms with Crippen molar-refractivity contribution in [2.45, 2.75) is 31.6 Å². The molecule has 0 atom stereocenters. The molecule has 0 aliphatic heterocycles. The van der Waals surface area contributed by atoms with E-state index < -0.39 is 15.8 Å². The highest BCUT2D eigenvalue weighted by Crippen LogP contribution is 2.30. The van der Waals surface area contributed by atoms with E-state index in [1.807, 2.05) is 32.0 Å². The van der Waals surface area contributed by atoms with E-state index in [4.69, 9.17) is 16.0 Å². The lowest BCUT2D eigenvalue weighted by Crippen LogP contribution is -2.16. The van der Waals surface area contributed by atoms with Crippen molar-refractivity contribution in [3.63, 3.8) is 0 Å². The molecular weight excluding hydrogens is 364 g/mol. The number of oxazole rings is 1. The van der Waals surface area contributed by atoms with Crippen LogP contribution in [0.25, 0.3) is 11.1 Å². The van der Waals surface area contributed by atoms with Gasteiger partial charge in [-0.25, -0.2) is 13.2 Å². The molecule has 2 N–H and O–H groups in total. The molecule has 132 valence electrons. The lowest BCUT2D eigenvalue weighted by atomic mass is 10.0. The topological polar surface area (TPSA) is 92.2 Å². The van der Waals surface area contributed by atoms with Crippen LogP contribution in [0.15, 0.2) is 44.4 Å². The second-order valence-corrected chi connectivity index (χ2v) is 7.62. The number of H-pyrrole nitrogens is 1. The number of halogens is 1. The summed E-state index contributed by atoms with van der Waals surface area (Å²) in [7, 11) is -3.95. The van der Waals surface area contributed by atoms with Gasteiger partial charge in [0.1, 0.15) is 4.90 Å². The smallest absolute Gasteiger partial charge is 0.408 e. The Bertz CT molecular complexity index is 1080. The molecule has 0 spiro atoms. The van der Waals surface area contributed by atoms with Gasteiger partial charge in [-0.05, 0) is 30.0 Å². The number of rotatable bonds is 5. The van der Waals surface area contributed by atoms with E-state index in [1.54, 1.807) is 0 Å². The SMILES string of the molecule is CCc1cccc(CC)c1NS(=O)(=O)c1cc2oc(=O)[nH]c2cc1Cl. The number of aromatic amines is 1. The molecule has 0 aliphatic carbocycles. The summed E-state index contributed by atoms with van der Waals surface area (Å²) in [5.74, 6) is -0.668. The molecule has 3 aromatic rings. The molecule has 25 heavy (non-hydrogen) atoms. The van der Waals surface area contributed by atoms with E-state index >= 15 is 0 Å². The van der Waals surface area contributed by atoms with Crippen LogP contribution in [-0.2, 0) is 22.9 Å². The van der Waals surface area contributed by atoms with Gasteiger partial charge < -0.3 is 4.42 Å². The van der Waals surface area contributed by atoms with Crippen LogP contribution in [0.5, 0.6) is 0 Å². The van der Waals surface area contributed by atoms with Crippen LogP contribution in [0.1, 0.15) is 25.0 Å². The average molecular weight is 381 g/mol. The third-order valence-electron chi connectivity index (χ3n) is 4.00. The van der Waals surface area contributed by atoms with E-state index in [-0.39, 0.29) is 15.5 Å². The molecule has 1 heterocycles. The Morgan fingerprint density at radius 3 is 2.40 bits per heavy atom. The predicted molar refractivity (Wildman–Crippen MR) is 97.9 cm³/mol. The third kappa shape index (κ3) is 3.29. The second kappa shape index (κ2) is 6.57. The van der Waals surface area contributed by atoms with Crippen LogP contribution in [0.2, 0.25) is 5.02 Å². The molecule has 8 heteroatoms. The quantitative estimate of drug-likeness (QED) is 0.705. The van der Waals surface area contributed by atoms with Crippen molar-refractivity contribution in [3.8, 4) is 0 Å². The summed E-state index contributed by atoms with van der Waals surface area (Å²) in [6.07, 6.45) is 1.37. The summed E-state index contributed by atoms with van der Waals surface area (Å²) < 4.78 is 33.3. The molecule has 0 saturated carbocycles. The monoisotopic (exact) mass is 380 g/mol. The fourth-order valence-corrected chi connectivity index (χ4v) is 4.41. The summed E-state index contributed by atoms with van der Waals surface area (Å²) in [6, 6.07) is 8.28. The van der Waals surface area contributed by atoms with Crippen molar-refractivity contribution in [2.24, 2.45) is 0 Å². The first-order chi connectivity index (χ1) is 11.9. The van der Waals surface area contributed by atoms with Crippen molar-refractivity contribution >= 4 is 38.4 Å². The lowest BCUT2D eigenvalue weighted by Gasteiger charge is -2.16. The number of anilines is 1. The van der Waals surface area contributed by atoms with Crippen LogP contribution < -0.4 is 10.5 Å². The summed E-state index contributed by atoms with van der Waals surface area (Å²) in [5, 5.41) is 0.00378. The van der Waals surface area contributed by atoms with Gasteiger partial charge in [-0.15, -0.1) is 0 Å². The van der Waals surface area contributed by atoms with Crippen molar-refractivity contribution in [2.75, 3.05) is 4.72 Å². The number of hydrogen-bond acceptors (Lipinski definition) is 4. The van der Waals surface area contributed by atoms with E-state index in [0.29, 0.717) is 24.0 Å². The van der Waals surface area contributed by atoms with Gasteiger partial charge in [0.15, 0.2) is 5.58 Å². The minimum Gasteiger partial charge on any atom is -0.408 e. The number of benzene rings is 2. The number of hydrogen-bond donors (Lipinski definition) is 2. The van der Waals surface area contributed by atoms with Crippen LogP contribution in [-0.4, -0.2) is 13.4 Å². The van der Waals surface area contributed by atoms with Gasteiger partial charge in [0, 0.05) is 6.07 Å². The van der Waals surface area contributed by atoms with Crippen LogP contribution in [0, 0.1) is 0 Å². The number of nitrogens with one attached hydrogen (secondary N) is 2. The zero-order valence-electron chi connectivity index (χ0n) is 13.7. The Labute approximate surface area is 149 Å². The highest BCUT2D eigenvalue weighted by molar-refractivity contribution is 7.92. The number of aromatic nitrogens is 1. The van der Waals surface area contributed by atoms with Gasteiger partial charge in [0.2, 0.25) is 0 Å². The molecule has 0 bridgehead atoms. The Morgan fingerprint density at radius 2 is 1.80 bits per heavy atom. The molecule has 0 unspecified atom stereocenters. The molecule has 0 amide bonds. The van der Waals surface area contributed by atoms with E-state index in [2.05, 4.69) is 9.71 Å². The zero-order valence-corrected chi connectivity index (χ0v) is 15.3. The largest absolute Gasteiger partial charge is 0.417 e. The molecule has 0 fully saturated rings. The minimum absolute atomic E-state index is 0.00378. The maximum atomic E-state index is 12.9. The molecule has 0 aliphatic rings. The summed E-state index contributed by atoms with van der Waals surface area (Å²) >= 11 is 6.13. The van der Waals surface area contributed by atoms with Gasteiger partial charge in [0.05, 0.1) is 16.2 Å². The van der Waals surface area contributed by atoms with Crippen molar-refractivity contribution < 1.29 is 12.8 Å². The van der Waals surface area contributed by atoms with Gasteiger partial charge in [-0.3, -0.25) is 9.71 Å². The van der Waals surface area contributed by atoms with Crippen molar-refractivity contribution in [1.82, 2.24) is 4.98 Å². The van der Waals surface area contributed by atoms with Crippen molar-refractivity contribution in [3.05, 3.63) is 57.0 Å². The normalized spacial score (nSPS) is 11.8. The van der Waals surface area contributed by atoms with E-state index in [0.717, 1.165) is 11.1 Å². The van der Waals surface area contributed by atoms with Crippen molar-refractivity contribution in [1.29, 1.82) is 0 Å². The first-order valence-electron chi connectivity index (χ1n) is 7.81. The second-order valence-electron chi connectivity index (χ2n) is 5.56. The van der Waals surface area contributed by atoms with Crippen LogP contribution in [0.4, 0.5) is 5.69 Å². The predicted octanol–water partition coefficient (Wildman–Crippen LogP) is 3.70. The molecule has 0 radical (unpaired) electrons. The average Bonchev–Trinajstić information content (AvgIpc) is 2.92. The zero-order chi connectivity index (χ0) is 18.2. The molecule has 6 nitrogen and oxygen atoms in total. The standard InChI is InChI=1S/C17H17ClN2O4S/c1-3-10-6-5-7-11(4-2)16(10)20-25(22,23)15-9-14-13(8-12(15)18)19-17(21)24-14/h5-9,20H,3-4H2,1-2H3,(H,19,21). The molecule has 3 rings (SSSR count). The fourth-order valence-electron chi connectivity index (χ4n) is 2.72. The number of fused-ring (bicyclic) bond motifs is 1. The molecular formula is C17H17ClN2O4S. The highest BCUT2D eigenvalue weighted by atomic mass is 35.5. The van der Waals surface area contributed by atoms with E-state index in [1.165, 1.54) is 12.1 Å². The summed E-state index contributed by atoms with van der Waals surface area (Å²) in [4.78, 5) is 13.6. The minimum atomic E-state index is -3.95. The fraction of sp³-hybridized carbons (Fsp3) is 0.235. The number of aryl methyl sites for hydroxylation is 2. The van der Waals surface area contributed by atoms with Gasteiger partial charge in [-0.2, -0.15) is 0 Å². The third-order valence-corrected chi connectivity index (χ3v) is 5.81. The van der Waals surface area contributed by atoms with Gasteiger partial charge >= 0.3 is 5.76 Å². The molecule has 0 saturated heterocycles. The lowest BCUT2D eigenvalue weighted by molar-refractivity contribution is 0.554. The maximum absolute atomic E-state index is 12.9. The van der Waals surface area contributed by atoms with Gasteiger partial charge in [0.25, 0.3) is 10.0 Å². The Kier molecular flexibility index (Phi) is 4.62. The molecule has 2 aromatic carbocycles. The van der Waals surface area contributed by atoms with Crippen LogP contribution in [0.3, 0.4) is 0 Å². The summed E-state index contributed by atoms with van der Waals surface area (Å²) in [5.41, 5.74) is 2.84. The number of para-hydroxylation sites is 1. The molecule has 1 aromatic heterocycles. The first kappa shape index (κ1) is 17.6. The van der Waals surface area contributed by atoms with Crippen LogP contribution >= 0.6 is 11.6 Å². The Balaban J connectivity index is 2.12. The summed E-state index contributed by atoms with van der Waals surface area (Å²) in [6.45, 7) is 3.92. The highest BCUT2D eigenvalue weighted by Gasteiger charge is 2.22. The maximum Gasteiger partial charge on any atom is 0.417 e. The Morgan fingerprint density at radius 1 is 1.16 bits per heavy atom.